The predicted molar refractivity (Wildman–Crippen MR) is 94.2 cm³/mol. The second kappa shape index (κ2) is 8.70. The molecule has 0 aliphatic heterocycles. The first-order valence-corrected chi connectivity index (χ1v) is 8.27. The summed E-state index contributed by atoms with van der Waals surface area (Å²) < 4.78 is 5.93. The number of ether oxygens (including phenoxy) is 1. The maximum absolute atomic E-state index is 10.3. The van der Waals surface area contributed by atoms with E-state index in [0.717, 1.165) is 23.3 Å². The largest absolute Gasteiger partial charge is 0.489 e. The van der Waals surface area contributed by atoms with Gasteiger partial charge >= 0.3 is 0 Å². The van der Waals surface area contributed by atoms with Gasteiger partial charge in [-0.2, -0.15) is 0 Å². The highest BCUT2D eigenvalue weighted by Crippen LogP contribution is 2.28. The molecule has 0 spiro atoms. The maximum atomic E-state index is 10.3. The van der Waals surface area contributed by atoms with Crippen molar-refractivity contribution in [2.75, 3.05) is 0 Å². The monoisotopic (exact) mass is 313 g/mol. The van der Waals surface area contributed by atoms with Gasteiger partial charge in [0.05, 0.1) is 12.1 Å². The molecular formula is C20H27NO2. The molecule has 3 heteroatoms. The van der Waals surface area contributed by atoms with Gasteiger partial charge < -0.3 is 15.6 Å². The van der Waals surface area contributed by atoms with Gasteiger partial charge in [0.25, 0.3) is 0 Å². The normalized spacial score (nSPS) is 13.8. The Balaban J connectivity index is 2.04. The molecule has 0 aliphatic carbocycles. The molecule has 3 N–H and O–H groups in total. The Kier molecular flexibility index (Phi) is 6.63. The first-order valence-electron chi connectivity index (χ1n) is 8.27. The molecule has 2 rings (SSSR count). The van der Waals surface area contributed by atoms with Crippen LogP contribution in [0.1, 0.15) is 43.9 Å². The SMILES string of the molecule is CC(C)CC[C@@H](O)[C@@H](N)c1ccccc1OCc1ccccc1. The van der Waals surface area contributed by atoms with Crippen LogP contribution < -0.4 is 10.5 Å². The number of aliphatic hydroxyl groups is 1. The van der Waals surface area contributed by atoms with Crippen molar-refractivity contribution in [2.45, 2.75) is 45.4 Å². The highest BCUT2D eigenvalue weighted by molar-refractivity contribution is 5.36. The minimum atomic E-state index is -0.557. The standard InChI is InChI=1S/C20H27NO2/c1-15(2)12-13-18(22)20(21)17-10-6-7-11-19(17)23-14-16-8-4-3-5-9-16/h3-11,15,18,20,22H,12-14,21H2,1-2H3/t18-,20+/m1/s1. The summed E-state index contributed by atoms with van der Waals surface area (Å²) in [5.41, 5.74) is 8.23. The van der Waals surface area contributed by atoms with E-state index in [2.05, 4.69) is 13.8 Å². The lowest BCUT2D eigenvalue weighted by Crippen LogP contribution is -2.27. The number of hydrogen-bond acceptors (Lipinski definition) is 3. The maximum Gasteiger partial charge on any atom is 0.124 e. The fourth-order valence-electron chi connectivity index (χ4n) is 2.51. The second-order valence-electron chi connectivity index (χ2n) is 6.38. The summed E-state index contributed by atoms with van der Waals surface area (Å²) in [5.74, 6) is 1.30. The summed E-state index contributed by atoms with van der Waals surface area (Å²) in [4.78, 5) is 0. The Bertz CT molecular complexity index is 583. The number of para-hydroxylation sites is 1. The smallest absolute Gasteiger partial charge is 0.124 e. The van der Waals surface area contributed by atoms with Crippen molar-refractivity contribution in [1.82, 2.24) is 0 Å². The summed E-state index contributed by atoms with van der Waals surface area (Å²) >= 11 is 0. The van der Waals surface area contributed by atoms with Gasteiger partial charge in [-0.1, -0.05) is 62.4 Å². The minimum absolute atomic E-state index is 0.430. The molecule has 0 fully saturated rings. The molecule has 23 heavy (non-hydrogen) atoms. The molecule has 124 valence electrons. The topological polar surface area (TPSA) is 55.5 Å². The molecule has 2 aromatic carbocycles. The van der Waals surface area contributed by atoms with E-state index >= 15 is 0 Å². The van der Waals surface area contributed by atoms with Crippen molar-refractivity contribution in [1.29, 1.82) is 0 Å². The van der Waals surface area contributed by atoms with E-state index in [4.69, 9.17) is 10.5 Å². The van der Waals surface area contributed by atoms with Crippen LogP contribution in [0.25, 0.3) is 0 Å². The Hall–Kier alpha value is -1.84. The molecule has 2 atom stereocenters. The van der Waals surface area contributed by atoms with E-state index in [1.807, 2.05) is 54.6 Å². The molecule has 0 aliphatic rings. The molecular weight excluding hydrogens is 286 g/mol. The second-order valence-corrected chi connectivity index (χ2v) is 6.38. The van der Waals surface area contributed by atoms with Crippen molar-refractivity contribution < 1.29 is 9.84 Å². The molecule has 0 saturated carbocycles. The van der Waals surface area contributed by atoms with Crippen molar-refractivity contribution in [3.05, 3.63) is 65.7 Å². The van der Waals surface area contributed by atoms with Crippen LogP contribution in [-0.2, 0) is 6.61 Å². The van der Waals surface area contributed by atoms with Crippen molar-refractivity contribution in [3.63, 3.8) is 0 Å². The summed E-state index contributed by atoms with van der Waals surface area (Å²) in [6.07, 6.45) is 1.10. The van der Waals surface area contributed by atoms with Gasteiger partial charge in [-0.15, -0.1) is 0 Å². The highest BCUT2D eigenvalue weighted by Gasteiger charge is 2.20. The molecule has 0 aromatic heterocycles. The number of benzene rings is 2. The molecule has 3 nitrogen and oxygen atoms in total. The van der Waals surface area contributed by atoms with Gasteiger partial charge in [-0.25, -0.2) is 0 Å². The number of rotatable bonds is 8. The van der Waals surface area contributed by atoms with Gasteiger partial charge in [0.15, 0.2) is 0 Å². The van der Waals surface area contributed by atoms with E-state index in [-0.39, 0.29) is 0 Å². The zero-order valence-electron chi connectivity index (χ0n) is 14.0. The lowest BCUT2D eigenvalue weighted by molar-refractivity contribution is 0.126. The van der Waals surface area contributed by atoms with Crippen LogP contribution in [0.5, 0.6) is 5.75 Å². The zero-order chi connectivity index (χ0) is 16.7. The molecule has 0 unspecified atom stereocenters. The van der Waals surface area contributed by atoms with E-state index < -0.39 is 12.1 Å². The molecule has 0 radical (unpaired) electrons. The fourth-order valence-corrected chi connectivity index (χ4v) is 2.51. The lowest BCUT2D eigenvalue weighted by atomic mass is 9.95. The van der Waals surface area contributed by atoms with Crippen LogP contribution in [0.15, 0.2) is 54.6 Å². The van der Waals surface area contributed by atoms with Gasteiger partial charge in [-0.3, -0.25) is 0 Å². The van der Waals surface area contributed by atoms with Crippen molar-refractivity contribution in [3.8, 4) is 5.75 Å². The van der Waals surface area contributed by atoms with Gasteiger partial charge in [0.1, 0.15) is 12.4 Å². The summed E-state index contributed by atoms with van der Waals surface area (Å²) in [7, 11) is 0. The lowest BCUT2D eigenvalue weighted by Gasteiger charge is -2.22. The van der Waals surface area contributed by atoms with Crippen LogP contribution in [-0.4, -0.2) is 11.2 Å². The first kappa shape index (κ1) is 17.5. The summed E-state index contributed by atoms with van der Waals surface area (Å²) in [5, 5.41) is 10.3. The van der Waals surface area contributed by atoms with Crippen LogP contribution in [0.2, 0.25) is 0 Å². The molecule has 0 bridgehead atoms. The third-order valence-electron chi connectivity index (χ3n) is 3.97. The fraction of sp³-hybridized carbons (Fsp3) is 0.400. The van der Waals surface area contributed by atoms with Crippen LogP contribution in [0.3, 0.4) is 0 Å². The molecule has 0 saturated heterocycles. The Morgan fingerprint density at radius 2 is 1.61 bits per heavy atom. The first-order chi connectivity index (χ1) is 11.1. The van der Waals surface area contributed by atoms with Crippen LogP contribution in [0.4, 0.5) is 0 Å². The van der Waals surface area contributed by atoms with Gasteiger partial charge in [-0.05, 0) is 30.4 Å². The van der Waals surface area contributed by atoms with Crippen LogP contribution >= 0.6 is 0 Å². The van der Waals surface area contributed by atoms with E-state index in [0.29, 0.717) is 18.9 Å². The average molecular weight is 313 g/mol. The van der Waals surface area contributed by atoms with Gasteiger partial charge in [0, 0.05) is 5.56 Å². The van der Waals surface area contributed by atoms with E-state index in [1.165, 1.54) is 0 Å². The summed E-state index contributed by atoms with van der Waals surface area (Å²) in [6, 6.07) is 17.3. The van der Waals surface area contributed by atoms with Crippen molar-refractivity contribution >= 4 is 0 Å². The Morgan fingerprint density at radius 3 is 2.30 bits per heavy atom. The Labute approximate surface area is 139 Å². The number of aliphatic hydroxyl groups excluding tert-OH is 1. The van der Waals surface area contributed by atoms with E-state index in [9.17, 15) is 5.11 Å². The Morgan fingerprint density at radius 1 is 0.957 bits per heavy atom. The molecule has 0 amide bonds. The predicted octanol–water partition coefficient (Wildman–Crippen LogP) is 4.06. The molecule has 0 heterocycles. The van der Waals surface area contributed by atoms with Crippen LogP contribution in [0, 0.1) is 5.92 Å². The molecule has 2 aromatic rings. The highest BCUT2D eigenvalue weighted by atomic mass is 16.5. The zero-order valence-corrected chi connectivity index (χ0v) is 14.0. The number of hydrogen-bond donors (Lipinski definition) is 2. The van der Waals surface area contributed by atoms with Gasteiger partial charge in [0.2, 0.25) is 0 Å². The van der Waals surface area contributed by atoms with E-state index in [1.54, 1.807) is 0 Å². The quantitative estimate of drug-likeness (QED) is 0.772. The average Bonchev–Trinajstić information content (AvgIpc) is 2.58. The summed E-state index contributed by atoms with van der Waals surface area (Å²) in [6.45, 7) is 4.79. The number of nitrogens with two attached hydrogens (primary N) is 1. The minimum Gasteiger partial charge on any atom is -0.489 e. The van der Waals surface area contributed by atoms with Crippen molar-refractivity contribution in [2.24, 2.45) is 11.7 Å². The third-order valence-corrected chi connectivity index (χ3v) is 3.97. The third kappa shape index (κ3) is 5.38.